The summed E-state index contributed by atoms with van der Waals surface area (Å²) >= 11 is 0. The van der Waals surface area contributed by atoms with Gasteiger partial charge in [-0.05, 0) is 50.8 Å². The highest BCUT2D eigenvalue weighted by Gasteiger charge is 2.30. The maximum atomic E-state index is 13.5. The van der Waals surface area contributed by atoms with Crippen molar-refractivity contribution in [3.05, 3.63) is 41.3 Å². The highest BCUT2D eigenvalue weighted by atomic mass is 19.1. The number of aliphatic hydroxyl groups excluding tert-OH is 1. The van der Waals surface area contributed by atoms with E-state index >= 15 is 0 Å². The van der Waals surface area contributed by atoms with E-state index in [1.54, 1.807) is 19.1 Å². The number of carbonyl (C=O) groups is 1. The molecule has 1 aromatic heterocycles. The van der Waals surface area contributed by atoms with Crippen LogP contribution in [-0.2, 0) is 0 Å². The minimum atomic E-state index is -0.360. The third kappa shape index (κ3) is 3.06. The Balaban J connectivity index is 2.03. The van der Waals surface area contributed by atoms with Gasteiger partial charge >= 0.3 is 0 Å². The van der Waals surface area contributed by atoms with Gasteiger partial charge in [0.05, 0.1) is 11.1 Å². The Morgan fingerprint density at radius 2 is 2.17 bits per heavy atom. The molecule has 2 atom stereocenters. The molecular formula is C18H21FN2O2. The average Bonchev–Trinajstić information content (AvgIpc) is 2.53. The van der Waals surface area contributed by atoms with Crippen molar-refractivity contribution < 1.29 is 14.3 Å². The molecule has 2 heterocycles. The molecule has 0 spiro atoms. The lowest BCUT2D eigenvalue weighted by atomic mass is 9.93. The molecule has 23 heavy (non-hydrogen) atoms. The van der Waals surface area contributed by atoms with Crippen LogP contribution in [0.2, 0.25) is 0 Å². The summed E-state index contributed by atoms with van der Waals surface area (Å²) in [6, 6.07) is 6.22. The smallest absolute Gasteiger partial charge is 0.254 e. The second-order valence-corrected chi connectivity index (χ2v) is 6.41. The van der Waals surface area contributed by atoms with E-state index in [1.807, 2.05) is 11.8 Å². The number of aliphatic hydroxyl groups is 1. The first-order valence-electron chi connectivity index (χ1n) is 7.98. The number of amides is 1. The number of aryl methyl sites for hydroxylation is 1. The highest BCUT2D eigenvalue weighted by molar-refractivity contribution is 6.06. The van der Waals surface area contributed by atoms with Gasteiger partial charge in [-0.1, -0.05) is 0 Å². The summed E-state index contributed by atoms with van der Waals surface area (Å²) in [5, 5.41) is 10.1. The van der Waals surface area contributed by atoms with Crippen LogP contribution >= 0.6 is 0 Å². The van der Waals surface area contributed by atoms with Gasteiger partial charge in [0.15, 0.2) is 0 Å². The Morgan fingerprint density at radius 1 is 1.39 bits per heavy atom. The normalized spacial score (nSPS) is 21.7. The Bertz CT molecular complexity index is 742. The third-order valence-corrected chi connectivity index (χ3v) is 4.63. The van der Waals surface area contributed by atoms with Gasteiger partial charge in [0.1, 0.15) is 5.82 Å². The number of fused-ring (bicyclic) bond motifs is 1. The predicted molar refractivity (Wildman–Crippen MR) is 86.7 cm³/mol. The molecule has 2 unspecified atom stereocenters. The molecule has 0 radical (unpaired) electrons. The van der Waals surface area contributed by atoms with Crippen molar-refractivity contribution in [2.24, 2.45) is 5.92 Å². The number of aromatic nitrogens is 1. The lowest BCUT2D eigenvalue weighted by Gasteiger charge is -2.37. The van der Waals surface area contributed by atoms with E-state index in [0.29, 0.717) is 28.7 Å². The Kier molecular flexibility index (Phi) is 4.31. The van der Waals surface area contributed by atoms with Crippen LogP contribution < -0.4 is 0 Å². The zero-order chi connectivity index (χ0) is 16.6. The zero-order valence-electron chi connectivity index (χ0n) is 13.4. The number of carbonyl (C=O) groups excluding carboxylic acids is 1. The molecule has 1 aromatic carbocycles. The van der Waals surface area contributed by atoms with Gasteiger partial charge in [0.2, 0.25) is 0 Å². The molecule has 3 rings (SSSR count). The van der Waals surface area contributed by atoms with Crippen LogP contribution in [-0.4, -0.2) is 40.1 Å². The number of benzene rings is 1. The molecule has 0 bridgehead atoms. The molecule has 1 amide bonds. The number of halogens is 1. The van der Waals surface area contributed by atoms with E-state index in [2.05, 4.69) is 4.98 Å². The lowest BCUT2D eigenvalue weighted by molar-refractivity contribution is 0.0490. The van der Waals surface area contributed by atoms with Crippen LogP contribution in [0, 0.1) is 18.7 Å². The Labute approximate surface area is 134 Å². The van der Waals surface area contributed by atoms with Crippen molar-refractivity contribution in [3.8, 4) is 0 Å². The van der Waals surface area contributed by atoms with Gasteiger partial charge in [-0.15, -0.1) is 0 Å². The van der Waals surface area contributed by atoms with Crippen molar-refractivity contribution in [1.82, 2.24) is 9.88 Å². The summed E-state index contributed by atoms with van der Waals surface area (Å²) in [6.07, 6.45) is 1.82. The van der Waals surface area contributed by atoms with Crippen molar-refractivity contribution in [1.29, 1.82) is 0 Å². The average molecular weight is 316 g/mol. The molecule has 1 aliphatic heterocycles. The molecule has 1 saturated heterocycles. The first kappa shape index (κ1) is 15.9. The highest BCUT2D eigenvalue weighted by Crippen LogP contribution is 2.26. The fourth-order valence-corrected chi connectivity index (χ4v) is 3.28. The van der Waals surface area contributed by atoms with Gasteiger partial charge in [0.25, 0.3) is 5.91 Å². The summed E-state index contributed by atoms with van der Waals surface area (Å²) < 4.78 is 13.5. The van der Waals surface area contributed by atoms with Crippen molar-refractivity contribution in [2.75, 3.05) is 13.2 Å². The third-order valence-electron chi connectivity index (χ3n) is 4.63. The Morgan fingerprint density at radius 3 is 2.91 bits per heavy atom. The van der Waals surface area contributed by atoms with Crippen LogP contribution in [0.1, 0.15) is 35.8 Å². The number of hydrogen-bond donors (Lipinski definition) is 1. The fourth-order valence-electron chi connectivity index (χ4n) is 3.28. The second-order valence-electron chi connectivity index (χ2n) is 6.41. The van der Waals surface area contributed by atoms with E-state index < -0.39 is 0 Å². The second kappa shape index (κ2) is 6.24. The number of likely N-dealkylation sites (tertiary alicyclic amines) is 1. The van der Waals surface area contributed by atoms with Gasteiger partial charge < -0.3 is 10.0 Å². The van der Waals surface area contributed by atoms with E-state index in [4.69, 9.17) is 0 Å². The number of hydrogen-bond acceptors (Lipinski definition) is 3. The number of piperidine rings is 1. The molecule has 1 aliphatic rings. The first-order chi connectivity index (χ1) is 11.0. The molecule has 0 aliphatic carbocycles. The summed E-state index contributed by atoms with van der Waals surface area (Å²) in [7, 11) is 0. The van der Waals surface area contributed by atoms with Crippen LogP contribution in [0.5, 0.6) is 0 Å². The van der Waals surface area contributed by atoms with Crippen LogP contribution in [0.15, 0.2) is 24.3 Å². The topological polar surface area (TPSA) is 53.4 Å². The molecule has 0 saturated carbocycles. The van der Waals surface area contributed by atoms with Gasteiger partial charge in [-0.25, -0.2) is 4.39 Å². The summed E-state index contributed by atoms with van der Waals surface area (Å²) in [4.78, 5) is 19.2. The fraction of sp³-hybridized carbons (Fsp3) is 0.444. The molecule has 1 N–H and O–H groups in total. The van der Waals surface area contributed by atoms with Crippen LogP contribution in [0.25, 0.3) is 10.9 Å². The first-order valence-corrected chi connectivity index (χ1v) is 7.98. The van der Waals surface area contributed by atoms with Crippen molar-refractivity contribution >= 4 is 16.8 Å². The van der Waals surface area contributed by atoms with Crippen LogP contribution in [0.4, 0.5) is 4.39 Å². The minimum absolute atomic E-state index is 0.0715. The van der Waals surface area contributed by atoms with Gasteiger partial charge in [-0.2, -0.15) is 0 Å². The quantitative estimate of drug-likeness (QED) is 0.927. The van der Waals surface area contributed by atoms with E-state index in [9.17, 15) is 14.3 Å². The lowest BCUT2D eigenvalue weighted by Crippen LogP contribution is -2.46. The summed E-state index contributed by atoms with van der Waals surface area (Å²) in [6.45, 7) is 4.48. The Hall–Kier alpha value is -2.01. The molecule has 4 nitrogen and oxygen atoms in total. The SMILES string of the molecule is Cc1cc(C(=O)N2CC(CO)CCC2C)c2ccc(F)cc2n1. The summed E-state index contributed by atoms with van der Waals surface area (Å²) in [5.74, 6) is -0.305. The number of rotatable bonds is 2. The molecular weight excluding hydrogens is 295 g/mol. The maximum absolute atomic E-state index is 13.5. The molecule has 2 aromatic rings. The number of nitrogens with zero attached hydrogens (tertiary/aromatic N) is 2. The molecule has 1 fully saturated rings. The van der Waals surface area contributed by atoms with E-state index in [1.165, 1.54) is 12.1 Å². The molecule has 122 valence electrons. The monoisotopic (exact) mass is 316 g/mol. The minimum Gasteiger partial charge on any atom is -0.396 e. The van der Waals surface area contributed by atoms with Crippen molar-refractivity contribution in [2.45, 2.75) is 32.7 Å². The predicted octanol–water partition coefficient (Wildman–Crippen LogP) is 2.92. The molecule has 5 heteroatoms. The van der Waals surface area contributed by atoms with Crippen LogP contribution in [0.3, 0.4) is 0 Å². The van der Waals surface area contributed by atoms with Gasteiger partial charge in [0, 0.05) is 36.3 Å². The van der Waals surface area contributed by atoms with Crippen molar-refractivity contribution in [3.63, 3.8) is 0 Å². The standard InChI is InChI=1S/C18H21FN2O2/c1-11-7-16(15-6-5-14(19)8-17(15)20-11)18(23)21-9-13(10-22)4-3-12(21)2/h5-8,12-13,22H,3-4,9-10H2,1-2H3. The number of pyridine rings is 1. The van der Waals surface area contributed by atoms with E-state index in [-0.39, 0.29) is 30.3 Å². The largest absolute Gasteiger partial charge is 0.396 e. The zero-order valence-corrected chi connectivity index (χ0v) is 13.4. The maximum Gasteiger partial charge on any atom is 0.254 e. The summed E-state index contributed by atoms with van der Waals surface area (Å²) in [5.41, 5.74) is 1.74. The van der Waals surface area contributed by atoms with E-state index in [0.717, 1.165) is 12.8 Å². The van der Waals surface area contributed by atoms with Gasteiger partial charge in [-0.3, -0.25) is 9.78 Å².